The summed E-state index contributed by atoms with van der Waals surface area (Å²) in [6.45, 7) is 6.98. The van der Waals surface area contributed by atoms with Crippen molar-refractivity contribution in [2.75, 3.05) is 31.6 Å². The summed E-state index contributed by atoms with van der Waals surface area (Å²) >= 11 is 0. The van der Waals surface area contributed by atoms with E-state index in [0.717, 1.165) is 13.1 Å². The summed E-state index contributed by atoms with van der Waals surface area (Å²) in [5.74, 6) is 0. The van der Waals surface area contributed by atoms with Crippen molar-refractivity contribution in [3.63, 3.8) is 0 Å². The van der Waals surface area contributed by atoms with Crippen molar-refractivity contribution in [1.29, 1.82) is 5.26 Å². The summed E-state index contributed by atoms with van der Waals surface area (Å²) in [6.07, 6.45) is 2.40. The molecule has 1 atom stereocenters. The highest BCUT2D eigenvalue weighted by atomic mass is 15.2. The lowest BCUT2D eigenvalue weighted by molar-refractivity contribution is 0.238. The Morgan fingerprint density at radius 1 is 1.32 bits per heavy atom. The Balaban J connectivity index is 2.10. The molecule has 1 aliphatic heterocycles. The van der Waals surface area contributed by atoms with E-state index in [9.17, 15) is 0 Å². The normalized spacial score (nSPS) is 19.5. The Bertz CT molecular complexity index is 455. The zero-order valence-corrected chi connectivity index (χ0v) is 12.2. The maximum atomic E-state index is 8.82. The first-order valence-corrected chi connectivity index (χ1v) is 7.00. The molecule has 1 saturated heterocycles. The first-order chi connectivity index (χ1) is 9.10. The van der Waals surface area contributed by atoms with Crippen LogP contribution in [0.3, 0.4) is 0 Å². The highest BCUT2D eigenvalue weighted by Gasteiger charge is 2.23. The molecule has 2 rings (SSSR count). The lowest BCUT2D eigenvalue weighted by Gasteiger charge is -2.38. The van der Waals surface area contributed by atoms with E-state index < -0.39 is 0 Å². The molecule has 0 aromatic heterocycles. The van der Waals surface area contributed by atoms with E-state index in [1.807, 2.05) is 0 Å². The van der Waals surface area contributed by atoms with Crippen LogP contribution in [0.15, 0.2) is 18.2 Å². The van der Waals surface area contributed by atoms with Crippen LogP contribution in [0.5, 0.6) is 0 Å². The van der Waals surface area contributed by atoms with Gasteiger partial charge in [0.15, 0.2) is 0 Å². The average molecular weight is 257 g/mol. The van der Waals surface area contributed by atoms with Gasteiger partial charge in [0, 0.05) is 24.8 Å². The molecule has 0 amide bonds. The molecule has 19 heavy (non-hydrogen) atoms. The molecular formula is C16H23N3. The highest BCUT2D eigenvalue weighted by Crippen LogP contribution is 2.24. The van der Waals surface area contributed by atoms with Gasteiger partial charge in [-0.25, -0.2) is 0 Å². The molecule has 0 aliphatic carbocycles. The number of piperidine rings is 1. The topological polar surface area (TPSA) is 30.3 Å². The van der Waals surface area contributed by atoms with Crippen LogP contribution in [0.4, 0.5) is 5.69 Å². The Kier molecular flexibility index (Phi) is 4.44. The third kappa shape index (κ3) is 3.48. The summed E-state index contributed by atoms with van der Waals surface area (Å²) < 4.78 is 0. The standard InChI is InChI=1S/C16H23N3/c1-13-9-14(2)11-16(10-13)19-7-4-5-15(12-19)18(3)8-6-17/h9-11,15H,4-5,7-8,12H2,1-3H3. The first-order valence-electron chi connectivity index (χ1n) is 7.00. The van der Waals surface area contributed by atoms with Crippen molar-refractivity contribution in [2.24, 2.45) is 0 Å². The van der Waals surface area contributed by atoms with E-state index in [1.54, 1.807) is 0 Å². The molecule has 102 valence electrons. The molecular weight excluding hydrogens is 234 g/mol. The minimum atomic E-state index is 0.495. The molecule has 1 unspecified atom stereocenters. The lowest BCUT2D eigenvalue weighted by Crippen LogP contribution is -2.46. The SMILES string of the molecule is Cc1cc(C)cc(N2CCCC(N(C)CC#N)C2)c1. The Labute approximate surface area is 116 Å². The van der Waals surface area contributed by atoms with Gasteiger partial charge in [0.25, 0.3) is 0 Å². The van der Waals surface area contributed by atoms with Crippen LogP contribution in [-0.4, -0.2) is 37.6 Å². The second kappa shape index (κ2) is 6.08. The molecule has 0 bridgehead atoms. The van der Waals surface area contributed by atoms with Crippen LogP contribution < -0.4 is 4.90 Å². The van der Waals surface area contributed by atoms with Crippen molar-refractivity contribution in [2.45, 2.75) is 32.7 Å². The molecule has 0 N–H and O–H groups in total. The fourth-order valence-electron chi connectivity index (χ4n) is 2.92. The quantitative estimate of drug-likeness (QED) is 0.780. The van der Waals surface area contributed by atoms with E-state index in [-0.39, 0.29) is 0 Å². The van der Waals surface area contributed by atoms with Crippen LogP contribution in [0, 0.1) is 25.2 Å². The minimum absolute atomic E-state index is 0.495. The summed E-state index contributed by atoms with van der Waals surface area (Å²) in [6, 6.07) is 9.48. The molecule has 3 heteroatoms. The van der Waals surface area contributed by atoms with Crippen molar-refractivity contribution >= 4 is 5.69 Å². The van der Waals surface area contributed by atoms with E-state index in [2.05, 4.69) is 55.0 Å². The van der Waals surface area contributed by atoms with Crippen LogP contribution >= 0.6 is 0 Å². The monoisotopic (exact) mass is 257 g/mol. The average Bonchev–Trinajstić information content (AvgIpc) is 2.38. The molecule has 1 aliphatic rings. The number of aryl methyl sites for hydroxylation is 2. The number of anilines is 1. The predicted molar refractivity (Wildman–Crippen MR) is 79.4 cm³/mol. The highest BCUT2D eigenvalue weighted by molar-refractivity contribution is 5.51. The smallest absolute Gasteiger partial charge is 0.0866 e. The molecule has 1 heterocycles. The molecule has 0 spiro atoms. The van der Waals surface area contributed by atoms with Gasteiger partial charge in [0.2, 0.25) is 0 Å². The van der Waals surface area contributed by atoms with E-state index in [4.69, 9.17) is 5.26 Å². The van der Waals surface area contributed by atoms with Crippen molar-refractivity contribution in [1.82, 2.24) is 4.90 Å². The lowest BCUT2D eigenvalue weighted by atomic mass is 10.0. The maximum Gasteiger partial charge on any atom is 0.0866 e. The number of hydrogen-bond acceptors (Lipinski definition) is 3. The fraction of sp³-hybridized carbons (Fsp3) is 0.562. The van der Waals surface area contributed by atoms with Crippen LogP contribution in [0.25, 0.3) is 0 Å². The number of nitrogens with zero attached hydrogens (tertiary/aromatic N) is 3. The van der Waals surface area contributed by atoms with Crippen LogP contribution in [-0.2, 0) is 0 Å². The largest absolute Gasteiger partial charge is 0.370 e. The summed E-state index contributed by atoms with van der Waals surface area (Å²) in [7, 11) is 2.05. The second-order valence-corrected chi connectivity index (χ2v) is 5.66. The third-order valence-corrected chi connectivity index (χ3v) is 3.91. The number of benzene rings is 1. The van der Waals surface area contributed by atoms with Gasteiger partial charge < -0.3 is 4.90 Å². The van der Waals surface area contributed by atoms with Gasteiger partial charge in [-0.3, -0.25) is 4.90 Å². The van der Waals surface area contributed by atoms with E-state index >= 15 is 0 Å². The van der Waals surface area contributed by atoms with Gasteiger partial charge in [-0.15, -0.1) is 0 Å². The Morgan fingerprint density at radius 2 is 2.00 bits per heavy atom. The van der Waals surface area contributed by atoms with Crippen LogP contribution in [0.2, 0.25) is 0 Å². The zero-order valence-electron chi connectivity index (χ0n) is 12.2. The predicted octanol–water partition coefficient (Wildman–Crippen LogP) is 2.73. The van der Waals surface area contributed by atoms with Gasteiger partial charge >= 0.3 is 0 Å². The van der Waals surface area contributed by atoms with Gasteiger partial charge in [0.1, 0.15) is 0 Å². The number of rotatable bonds is 3. The molecule has 1 aromatic rings. The van der Waals surface area contributed by atoms with Crippen molar-refractivity contribution in [3.05, 3.63) is 29.3 Å². The third-order valence-electron chi connectivity index (χ3n) is 3.91. The second-order valence-electron chi connectivity index (χ2n) is 5.66. The number of nitriles is 1. The molecule has 0 radical (unpaired) electrons. The van der Waals surface area contributed by atoms with Gasteiger partial charge in [-0.05, 0) is 57.0 Å². The minimum Gasteiger partial charge on any atom is -0.370 e. The van der Waals surface area contributed by atoms with Gasteiger partial charge in [0.05, 0.1) is 12.6 Å². The van der Waals surface area contributed by atoms with E-state index in [1.165, 1.54) is 29.7 Å². The number of likely N-dealkylation sites (N-methyl/N-ethyl adjacent to an activating group) is 1. The number of hydrogen-bond donors (Lipinski definition) is 0. The fourth-order valence-corrected chi connectivity index (χ4v) is 2.92. The van der Waals surface area contributed by atoms with Crippen LogP contribution in [0.1, 0.15) is 24.0 Å². The van der Waals surface area contributed by atoms with Crippen molar-refractivity contribution < 1.29 is 0 Å². The van der Waals surface area contributed by atoms with Gasteiger partial charge in [-0.2, -0.15) is 5.26 Å². The van der Waals surface area contributed by atoms with Crippen molar-refractivity contribution in [3.8, 4) is 6.07 Å². The summed E-state index contributed by atoms with van der Waals surface area (Å²) in [5, 5.41) is 8.82. The Hall–Kier alpha value is -1.53. The summed E-state index contributed by atoms with van der Waals surface area (Å²) in [4.78, 5) is 4.64. The van der Waals surface area contributed by atoms with Gasteiger partial charge in [-0.1, -0.05) is 6.07 Å². The molecule has 1 aromatic carbocycles. The first kappa shape index (κ1) is 13.9. The molecule has 0 saturated carbocycles. The maximum absolute atomic E-state index is 8.82. The molecule has 3 nitrogen and oxygen atoms in total. The molecule has 1 fully saturated rings. The summed E-state index contributed by atoms with van der Waals surface area (Å²) in [5.41, 5.74) is 3.97. The zero-order chi connectivity index (χ0) is 13.8. The Morgan fingerprint density at radius 3 is 2.63 bits per heavy atom. The van der Waals surface area contributed by atoms with E-state index in [0.29, 0.717) is 12.6 Å².